The van der Waals surface area contributed by atoms with Crippen LogP contribution in [0.5, 0.6) is 0 Å². The molecule has 3 rings (SSSR count). The minimum absolute atomic E-state index is 0.0241. The molecule has 1 amide bonds. The molecule has 0 aromatic heterocycles. The van der Waals surface area contributed by atoms with Gasteiger partial charge in [-0.25, -0.2) is 8.78 Å². The molecule has 3 nitrogen and oxygen atoms in total. The molecule has 0 unspecified atom stereocenters. The quantitative estimate of drug-likeness (QED) is 0.735. The Morgan fingerprint density at radius 2 is 1.92 bits per heavy atom. The highest BCUT2D eigenvalue weighted by atomic mass is 19.4. The largest absolute Gasteiger partial charge is 0.416 e. The fourth-order valence-electron chi connectivity index (χ4n) is 3.69. The van der Waals surface area contributed by atoms with E-state index in [-0.39, 0.29) is 42.2 Å². The van der Waals surface area contributed by atoms with Crippen molar-refractivity contribution in [3.63, 3.8) is 0 Å². The molecule has 1 aromatic rings. The van der Waals surface area contributed by atoms with Gasteiger partial charge in [-0.3, -0.25) is 9.69 Å². The summed E-state index contributed by atoms with van der Waals surface area (Å²) in [5.74, 6) is -3.27. The van der Waals surface area contributed by atoms with E-state index in [2.05, 4.69) is 0 Å². The van der Waals surface area contributed by atoms with Gasteiger partial charge in [-0.1, -0.05) is 0 Å². The summed E-state index contributed by atoms with van der Waals surface area (Å²) in [5, 5.41) is 0. The van der Waals surface area contributed by atoms with Crippen LogP contribution in [0.15, 0.2) is 12.1 Å². The Morgan fingerprint density at radius 3 is 2.50 bits per heavy atom. The zero-order chi connectivity index (χ0) is 19.3. The second kappa shape index (κ2) is 6.48. The van der Waals surface area contributed by atoms with Crippen molar-refractivity contribution in [1.29, 1.82) is 0 Å². The number of halogens is 5. The molecule has 144 valence electrons. The van der Waals surface area contributed by atoms with Crippen LogP contribution in [0.25, 0.3) is 0 Å². The number of piperidine rings is 1. The molecule has 0 spiro atoms. The number of amides is 1. The van der Waals surface area contributed by atoms with E-state index >= 15 is 0 Å². The molecule has 0 aliphatic carbocycles. The van der Waals surface area contributed by atoms with Crippen molar-refractivity contribution < 1.29 is 26.7 Å². The van der Waals surface area contributed by atoms with E-state index in [1.54, 1.807) is 13.8 Å². The third kappa shape index (κ3) is 3.70. The highest BCUT2D eigenvalue weighted by molar-refractivity contribution is 5.99. The summed E-state index contributed by atoms with van der Waals surface area (Å²) >= 11 is 0. The summed E-state index contributed by atoms with van der Waals surface area (Å²) in [6.07, 6.45) is -4.51. The van der Waals surface area contributed by atoms with Crippen molar-refractivity contribution in [3.05, 3.63) is 34.4 Å². The summed E-state index contributed by atoms with van der Waals surface area (Å²) in [7, 11) is 0. The number of likely N-dealkylation sites (tertiary alicyclic amines) is 1. The first-order valence-electron chi connectivity index (χ1n) is 8.62. The molecule has 26 heavy (non-hydrogen) atoms. The zero-order valence-corrected chi connectivity index (χ0v) is 14.7. The van der Waals surface area contributed by atoms with Gasteiger partial charge in [0.05, 0.1) is 12.1 Å². The molecule has 0 bridgehead atoms. The van der Waals surface area contributed by atoms with Gasteiger partial charge in [0.25, 0.3) is 11.8 Å². The molecule has 0 saturated carbocycles. The lowest BCUT2D eigenvalue weighted by molar-refractivity contribution is -0.138. The number of carbonyl (C=O) groups is 1. The fraction of sp³-hybridized carbons (Fsp3) is 0.611. The number of nitrogens with zero attached hydrogens (tertiary/aromatic N) is 2. The molecule has 8 heteroatoms. The predicted octanol–water partition coefficient (Wildman–Crippen LogP) is 4.30. The smallest absolute Gasteiger partial charge is 0.332 e. The topological polar surface area (TPSA) is 23.6 Å². The molecule has 0 N–H and O–H groups in total. The van der Waals surface area contributed by atoms with E-state index in [1.165, 1.54) is 15.9 Å². The van der Waals surface area contributed by atoms with E-state index in [4.69, 9.17) is 0 Å². The molecule has 2 heterocycles. The van der Waals surface area contributed by atoms with Crippen LogP contribution in [0.3, 0.4) is 0 Å². The molecule has 2 aliphatic rings. The summed E-state index contributed by atoms with van der Waals surface area (Å²) in [5.41, 5.74) is -0.589. The Hall–Kier alpha value is -1.70. The van der Waals surface area contributed by atoms with Gasteiger partial charge >= 0.3 is 6.18 Å². The number of hydrogen-bond acceptors (Lipinski definition) is 2. The third-order valence-corrected chi connectivity index (χ3v) is 4.94. The second-order valence-corrected chi connectivity index (χ2v) is 7.36. The molecule has 2 aliphatic heterocycles. The van der Waals surface area contributed by atoms with Crippen LogP contribution in [-0.4, -0.2) is 40.8 Å². The predicted molar refractivity (Wildman–Crippen MR) is 85.9 cm³/mol. The average molecular weight is 376 g/mol. The first-order chi connectivity index (χ1) is 12.0. The Balaban J connectivity index is 1.95. The molecule has 1 fully saturated rings. The number of fused-ring (bicyclic) bond motifs is 1. The van der Waals surface area contributed by atoms with Gasteiger partial charge in [-0.15, -0.1) is 0 Å². The van der Waals surface area contributed by atoms with Gasteiger partial charge in [0.1, 0.15) is 0 Å². The highest BCUT2D eigenvalue weighted by Gasteiger charge is 2.41. The van der Waals surface area contributed by atoms with Crippen molar-refractivity contribution in [1.82, 2.24) is 9.80 Å². The van der Waals surface area contributed by atoms with Crippen molar-refractivity contribution in [2.24, 2.45) is 0 Å². The van der Waals surface area contributed by atoms with Gasteiger partial charge in [0.2, 0.25) is 0 Å². The fourth-order valence-corrected chi connectivity index (χ4v) is 3.69. The van der Waals surface area contributed by atoms with Crippen LogP contribution in [-0.2, 0) is 19.3 Å². The first-order valence-corrected chi connectivity index (χ1v) is 8.62. The minimum atomic E-state index is -4.60. The Labute approximate surface area is 148 Å². The molecular formula is C18H21F5N2O. The van der Waals surface area contributed by atoms with Crippen LogP contribution >= 0.6 is 0 Å². The van der Waals surface area contributed by atoms with Crippen molar-refractivity contribution in [2.45, 2.75) is 57.9 Å². The van der Waals surface area contributed by atoms with Crippen LogP contribution < -0.4 is 0 Å². The number of rotatable bonds is 3. The summed E-state index contributed by atoms with van der Waals surface area (Å²) < 4.78 is 67.7. The first kappa shape index (κ1) is 19.1. The lowest BCUT2D eigenvalue weighted by atomic mass is 9.98. The van der Waals surface area contributed by atoms with Crippen molar-refractivity contribution in [3.8, 4) is 0 Å². The third-order valence-electron chi connectivity index (χ3n) is 4.94. The van der Waals surface area contributed by atoms with E-state index in [1.807, 2.05) is 0 Å². The van der Waals surface area contributed by atoms with Crippen LogP contribution in [0.1, 0.15) is 53.7 Å². The van der Waals surface area contributed by atoms with Gasteiger partial charge < -0.3 is 4.90 Å². The monoisotopic (exact) mass is 376 g/mol. The maximum atomic E-state index is 13.6. The summed E-state index contributed by atoms with van der Waals surface area (Å²) in [4.78, 5) is 15.3. The van der Waals surface area contributed by atoms with Crippen LogP contribution in [0, 0.1) is 0 Å². The number of carbonyl (C=O) groups excluding carboxylic acids is 1. The Morgan fingerprint density at radius 1 is 1.23 bits per heavy atom. The summed E-state index contributed by atoms with van der Waals surface area (Å²) in [6.45, 7) is 3.31. The van der Waals surface area contributed by atoms with E-state index < -0.39 is 30.1 Å². The molecule has 1 aromatic carbocycles. The van der Waals surface area contributed by atoms with Crippen molar-refractivity contribution in [2.75, 3.05) is 13.1 Å². The van der Waals surface area contributed by atoms with E-state index in [0.29, 0.717) is 13.0 Å². The minimum Gasteiger partial charge on any atom is -0.332 e. The van der Waals surface area contributed by atoms with Gasteiger partial charge in [-0.2, -0.15) is 13.2 Å². The maximum absolute atomic E-state index is 13.6. The molecular weight excluding hydrogens is 355 g/mol. The average Bonchev–Trinajstić information content (AvgIpc) is 2.82. The maximum Gasteiger partial charge on any atom is 0.416 e. The lowest BCUT2D eigenvalue weighted by Gasteiger charge is -2.32. The summed E-state index contributed by atoms with van der Waals surface area (Å²) in [6, 6.07) is 2.21. The molecule has 0 atom stereocenters. The number of hydrogen-bond donors (Lipinski definition) is 0. The normalized spacial score (nSPS) is 20.8. The number of benzene rings is 1. The second-order valence-electron chi connectivity index (χ2n) is 7.36. The van der Waals surface area contributed by atoms with Crippen molar-refractivity contribution >= 4 is 5.91 Å². The molecule has 0 radical (unpaired) electrons. The standard InChI is InChI=1S/C18H21F5N2O/c1-11(2)25-9-14-13(16(25)26)6-12(7-15(14)18(21,22)23)8-24-5-3-4-17(19,20)10-24/h6-7,11H,3-5,8-10H2,1-2H3. The van der Waals surface area contributed by atoms with Crippen LogP contribution in [0.2, 0.25) is 0 Å². The van der Waals surface area contributed by atoms with Gasteiger partial charge in [0, 0.05) is 31.1 Å². The Bertz CT molecular complexity index is 714. The molecule has 1 saturated heterocycles. The van der Waals surface area contributed by atoms with Gasteiger partial charge in [-0.05, 0) is 50.1 Å². The van der Waals surface area contributed by atoms with Gasteiger partial charge in [0.15, 0.2) is 0 Å². The van der Waals surface area contributed by atoms with Crippen LogP contribution in [0.4, 0.5) is 22.0 Å². The van der Waals surface area contributed by atoms with E-state index in [9.17, 15) is 26.7 Å². The van der Waals surface area contributed by atoms with E-state index in [0.717, 1.165) is 6.07 Å². The highest BCUT2D eigenvalue weighted by Crippen LogP contribution is 2.39. The SMILES string of the molecule is CC(C)N1Cc2c(cc(CN3CCCC(F)(F)C3)cc2C(F)(F)F)C1=O. The Kier molecular flexibility index (Phi) is 4.75. The number of alkyl halides is 5. The zero-order valence-electron chi connectivity index (χ0n) is 14.7. The lowest BCUT2D eigenvalue weighted by Crippen LogP contribution is -2.42.